The number of aliphatic imine (C=N–C) groups is 1. The molecule has 0 aliphatic heterocycles. The molecule has 1 atom stereocenters. The van der Waals surface area contributed by atoms with Gasteiger partial charge >= 0.3 is 0 Å². The number of nitrogens with zero attached hydrogens (tertiary/aromatic N) is 1. The number of guanidine groups is 1. The van der Waals surface area contributed by atoms with Crippen LogP contribution in [0.25, 0.3) is 0 Å². The van der Waals surface area contributed by atoms with E-state index in [0.717, 1.165) is 5.56 Å². The summed E-state index contributed by atoms with van der Waals surface area (Å²) in [4.78, 5) is 27.8. The molecule has 1 aromatic carbocycles. The quantitative estimate of drug-likeness (QED) is 0.171. The molecule has 29 heavy (non-hydrogen) atoms. The lowest BCUT2D eigenvalue weighted by atomic mass is 10.2. The zero-order valence-electron chi connectivity index (χ0n) is 16.2. The third-order valence-corrected chi connectivity index (χ3v) is 5.16. The van der Waals surface area contributed by atoms with E-state index in [1.807, 2.05) is 6.92 Å². The fourth-order valence-corrected chi connectivity index (χ4v) is 3.58. The van der Waals surface area contributed by atoms with Crippen molar-refractivity contribution in [3.05, 3.63) is 29.8 Å². The molecule has 0 spiro atoms. The number of amides is 2. The van der Waals surface area contributed by atoms with Gasteiger partial charge in [-0.2, -0.15) is 0 Å². The number of nitrogens with one attached hydrogen (secondary N) is 3. The van der Waals surface area contributed by atoms with Gasteiger partial charge in [0.2, 0.25) is 21.8 Å². The summed E-state index contributed by atoms with van der Waals surface area (Å²) < 4.78 is 25.8. The van der Waals surface area contributed by atoms with Crippen LogP contribution in [0.5, 0.6) is 0 Å². The summed E-state index contributed by atoms with van der Waals surface area (Å²) in [7, 11) is -3.69. The predicted molar refractivity (Wildman–Crippen MR) is 109 cm³/mol. The highest BCUT2D eigenvalue weighted by Crippen LogP contribution is 2.12. The number of nitrogens with two attached hydrogens (primary N) is 2. The number of carbonyl (C=O) groups is 2. The summed E-state index contributed by atoms with van der Waals surface area (Å²) in [6, 6.07) is 5.47. The van der Waals surface area contributed by atoms with E-state index in [2.05, 4.69) is 20.3 Å². The number of benzene rings is 1. The van der Waals surface area contributed by atoms with Crippen molar-refractivity contribution in [2.75, 3.05) is 18.9 Å². The molecule has 0 radical (unpaired) electrons. The van der Waals surface area contributed by atoms with Crippen molar-refractivity contribution in [2.45, 2.75) is 32.4 Å². The second kappa shape index (κ2) is 12.0. The van der Waals surface area contributed by atoms with Gasteiger partial charge in [-0.05, 0) is 24.1 Å². The van der Waals surface area contributed by atoms with Crippen LogP contribution in [-0.4, -0.2) is 56.2 Å². The van der Waals surface area contributed by atoms with Crippen LogP contribution in [-0.2, 0) is 26.2 Å². The van der Waals surface area contributed by atoms with Crippen LogP contribution >= 0.6 is 0 Å². The van der Waals surface area contributed by atoms with Crippen LogP contribution in [0, 0.1) is 0 Å². The molecule has 0 heterocycles. The summed E-state index contributed by atoms with van der Waals surface area (Å²) >= 11 is 0. The van der Waals surface area contributed by atoms with Crippen LogP contribution in [0.1, 0.15) is 25.3 Å². The molecule has 0 saturated carbocycles. The number of hydrogen-bond acceptors (Lipinski definition) is 6. The third-order valence-electron chi connectivity index (χ3n) is 3.69. The molecule has 1 rings (SSSR count). The molecule has 1 unspecified atom stereocenters. The number of rotatable bonds is 12. The Kier molecular flexibility index (Phi) is 10.1. The molecule has 0 saturated heterocycles. The Balaban J connectivity index is 2.46. The topological polar surface area (TPSA) is 189 Å². The SMILES string of the molecule is CCCCS(=O)(=O)NC(CO)C(=O)NCC(=O)NCc1ccc(N=C(N)N)cc1. The van der Waals surface area contributed by atoms with E-state index in [-0.39, 0.29) is 24.8 Å². The minimum atomic E-state index is -3.69. The Morgan fingerprint density at radius 2 is 1.83 bits per heavy atom. The normalized spacial score (nSPS) is 12.1. The van der Waals surface area contributed by atoms with Gasteiger partial charge < -0.3 is 27.2 Å². The summed E-state index contributed by atoms with van der Waals surface area (Å²) in [6.45, 7) is 0.964. The second-order valence-corrected chi connectivity index (χ2v) is 8.10. The van der Waals surface area contributed by atoms with Gasteiger partial charge in [0.25, 0.3) is 0 Å². The lowest BCUT2D eigenvalue weighted by molar-refractivity contribution is -0.127. The van der Waals surface area contributed by atoms with Crippen molar-refractivity contribution in [3.8, 4) is 0 Å². The average molecular weight is 429 g/mol. The van der Waals surface area contributed by atoms with Gasteiger partial charge in [0, 0.05) is 6.54 Å². The fourth-order valence-electron chi connectivity index (χ4n) is 2.17. The maximum absolute atomic E-state index is 12.0. The van der Waals surface area contributed by atoms with E-state index < -0.39 is 34.5 Å². The molecule has 0 aliphatic carbocycles. The van der Waals surface area contributed by atoms with E-state index in [9.17, 15) is 23.1 Å². The predicted octanol–water partition coefficient (Wildman–Crippen LogP) is -1.60. The van der Waals surface area contributed by atoms with Crippen molar-refractivity contribution in [3.63, 3.8) is 0 Å². The van der Waals surface area contributed by atoms with Crippen molar-refractivity contribution in [1.29, 1.82) is 0 Å². The Bertz CT molecular complexity index is 806. The lowest BCUT2D eigenvalue weighted by Crippen LogP contribution is -2.51. The van der Waals surface area contributed by atoms with Crippen LogP contribution in [0.3, 0.4) is 0 Å². The van der Waals surface area contributed by atoms with Gasteiger partial charge in [0.1, 0.15) is 6.04 Å². The molecule has 0 aromatic heterocycles. The van der Waals surface area contributed by atoms with E-state index in [4.69, 9.17) is 11.5 Å². The van der Waals surface area contributed by atoms with Crippen LogP contribution in [0.4, 0.5) is 5.69 Å². The average Bonchev–Trinajstić information content (AvgIpc) is 2.67. The Morgan fingerprint density at radius 1 is 1.17 bits per heavy atom. The minimum absolute atomic E-state index is 0.0596. The van der Waals surface area contributed by atoms with Crippen LogP contribution < -0.4 is 26.8 Å². The monoisotopic (exact) mass is 428 g/mol. The summed E-state index contributed by atoms with van der Waals surface area (Å²) in [5, 5.41) is 14.2. The molecule has 1 aromatic rings. The number of sulfonamides is 1. The highest BCUT2D eigenvalue weighted by Gasteiger charge is 2.23. The van der Waals surface area contributed by atoms with E-state index in [0.29, 0.717) is 18.5 Å². The van der Waals surface area contributed by atoms with Gasteiger partial charge in [-0.3, -0.25) is 9.59 Å². The maximum Gasteiger partial charge on any atom is 0.240 e. The molecule has 11 nitrogen and oxygen atoms in total. The standard InChI is InChI=1S/C17H28N6O5S/c1-2-3-8-29(27,28)23-14(11-24)16(26)21-10-15(25)20-9-12-4-6-13(7-5-12)22-17(18)19/h4-7,14,23-24H,2-3,8-11H2,1H3,(H,20,25)(H,21,26)(H4,18,19,22). The molecule has 0 fully saturated rings. The zero-order chi connectivity index (χ0) is 21.9. The molecule has 2 amide bonds. The first-order valence-corrected chi connectivity index (χ1v) is 10.7. The molecule has 162 valence electrons. The smallest absolute Gasteiger partial charge is 0.240 e. The van der Waals surface area contributed by atoms with Gasteiger partial charge in [-0.1, -0.05) is 25.5 Å². The number of aliphatic hydroxyl groups is 1. The summed E-state index contributed by atoms with van der Waals surface area (Å²) in [5.41, 5.74) is 11.9. The van der Waals surface area contributed by atoms with E-state index >= 15 is 0 Å². The molecule has 0 aliphatic rings. The Hall–Kier alpha value is -2.70. The number of hydrogen-bond donors (Lipinski definition) is 6. The zero-order valence-corrected chi connectivity index (χ0v) is 17.0. The molecule has 12 heteroatoms. The lowest BCUT2D eigenvalue weighted by Gasteiger charge is -2.16. The maximum atomic E-state index is 12.0. The van der Waals surface area contributed by atoms with Crippen molar-refractivity contribution < 1.29 is 23.1 Å². The summed E-state index contributed by atoms with van der Waals surface area (Å²) in [6.07, 6.45) is 1.11. The van der Waals surface area contributed by atoms with Crippen molar-refractivity contribution in [2.24, 2.45) is 16.5 Å². The highest BCUT2D eigenvalue weighted by atomic mass is 32.2. The number of aliphatic hydroxyl groups excluding tert-OH is 1. The number of unbranched alkanes of at least 4 members (excludes halogenated alkanes) is 1. The second-order valence-electron chi connectivity index (χ2n) is 6.22. The fraction of sp³-hybridized carbons (Fsp3) is 0.471. The molecular weight excluding hydrogens is 400 g/mol. The van der Waals surface area contributed by atoms with Gasteiger partial charge in [-0.15, -0.1) is 0 Å². The first-order chi connectivity index (χ1) is 13.7. The van der Waals surface area contributed by atoms with Crippen LogP contribution in [0.2, 0.25) is 0 Å². The molecule has 8 N–H and O–H groups in total. The number of carbonyl (C=O) groups excluding carboxylic acids is 2. The first-order valence-electron chi connectivity index (χ1n) is 9.00. The van der Waals surface area contributed by atoms with Crippen LogP contribution in [0.15, 0.2) is 29.3 Å². The largest absolute Gasteiger partial charge is 0.394 e. The van der Waals surface area contributed by atoms with Gasteiger partial charge in [0.15, 0.2) is 5.96 Å². The minimum Gasteiger partial charge on any atom is -0.394 e. The van der Waals surface area contributed by atoms with Gasteiger partial charge in [0.05, 0.1) is 24.6 Å². The van der Waals surface area contributed by atoms with Gasteiger partial charge in [-0.25, -0.2) is 18.1 Å². The molecular formula is C17H28N6O5S. The van der Waals surface area contributed by atoms with Crippen molar-refractivity contribution in [1.82, 2.24) is 15.4 Å². The van der Waals surface area contributed by atoms with Crippen molar-refractivity contribution >= 4 is 33.5 Å². The molecule has 0 bridgehead atoms. The Labute approximate surface area is 170 Å². The van der Waals surface area contributed by atoms with E-state index in [1.165, 1.54) is 0 Å². The first kappa shape index (κ1) is 24.3. The van der Waals surface area contributed by atoms with E-state index in [1.54, 1.807) is 24.3 Å². The Morgan fingerprint density at radius 3 is 2.38 bits per heavy atom. The third kappa shape index (κ3) is 9.87. The summed E-state index contributed by atoms with van der Waals surface area (Å²) in [5.74, 6) is -1.47. The highest BCUT2D eigenvalue weighted by molar-refractivity contribution is 7.89.